The lowest BCUT2D eigenvalue weighted by Crippen LogP contribution is -2.25. The molecule has 0 unspecified atom stereocenters. The highest BCUT2D eigenvalue weighted by Gasteiger charge is 2.26. The number of amides is 1. The normalized spacial score (nSPS) is 11.3. The summed E-state index contributed by atoms with van der Waals surface area (Å²) in [5, 5.41) is 0.472. The third kappa shape index (κ3) is 3.50. The van der Waals surface area contributed by atoms with Crippen LogP contribution in [0.1, 0.15) is 45.9 Å². The maximum Gasteiger partial charge on any atom is 0.351 e. The largest absolute Gasteiger partial charge is 0.456 e. The van der Waals surface area contributed by atoms with Crippen molar-refractivity contribution in [3.63, 3.8) is 0 Å². The Morgan fingerprint density at radius 2 is 2.00 bits per heavy atom. The van der Waals surface area contributed by atoms with Gasteiger partial charge in [-0.1, -0.05) is 0 Å². The van der Waals surface area contributed by atoms with Gasteiger partial charge in [0.15, 0.2) is 5.69 Å². The molecule has 0 radical (unpaired) electrons. The van der Waals surface area contributed by atoms with Crippen molar-refractivity contribution in [2.75, 3.05) is 0 Å². The summed E-state index contributed by atoms with van der Waals surface area (Å²) in [5.41, 5.74) is 9.83. The van der Waals surface area contributed by atoms with E-state index in [1.165, 1.54) is 0 Å². The molecule has 0 aliphatic rings. The SMILES string of the molecule is CC(C)(C)OC(=O)c1sc(CN)nc1C(N)=O. The van der Waals surface area contributed by atoms with Gasteiger partial charge in [0, 0.05) is 6.54 Å². The molecule has 1 amide bonds. The third-order valence-corrected chi connectivity index (χ3v) is 2.72. The highest BCUT2D eigenvalue weighted by atomic mass is 32.1. The molecule has 0 aliphatic heterocycles. The van der Waals surface area contributed by atoms with Crippen molar-refractivity contribution in [3.05, 3.63) is 15.6 Å². The van der Waals surface area contributed by atoms with Gasteiger partial charge in [0.2, 0.25) is 0 Å². The molecule has 0 spiro atoms. The van der Waals surface area contributed by atoms with Crippen LogP contribution in [0.3, 0.4) is 0 Å². The van der Waals surface area contributed by atoms with E-state index in [9.17, 15) is 9.59 Å². The summed E-state index contributed by atoms with van der Waals surface area (Å²) >= 11 is 1.03. The first kappa shape index (κ1) is 13.6. The van der Waals surface area contributed by atoms with E-state index >= 15 is 0 Å². The van der Waals surface area contributed by atoms with Crippen LogP contribution in [-0.2, 0) is 11.3 Å². The van der Waals surface area contributed by atoms with E-state index < -0.39 is 17.5 Å². The summed E-state index contributed by atoms with van der Waals surface area (Å²) in [4.78, 5) is 27.0. The molecule has 0 fully saturated rings. The van der Waals surface area contributed by atoms with E-state index in [-0.39, 0.29) is 17.1 Å². The van der Waals surface area contributed by atoms with Gasteiger partial charge in [-0.15, -0.1) is 11.3 Å². The number of hydrogen-bond donors (Lipinski definition) is 2. The number of carbonyl (C=O) groups is 2. The fourth-order valence-corrected chi connectivity index (χ4v) is 1.91. The number of ether oxygens (including phenoxy) is 1. The summed E-state index contributed by atoms with van der Waals surface area (Å²) < 4.78 is 5.16. The Kier molecular flexibility index (Phi) is 3.84. The molecule has 6 nitrogen and oxygen atoms in total. The van der Waals surface area contributed by atoms with E-state index in [2.05, 4.69) is 4.98 Å². The highest BCUT2D eigenvalue weighted by Crippen LogP contribution is 2.21. The second-order valence-electron chi connectivity index (χ2n) is 4.36. The van der Waals surface area contributed by atoms with Crippen molar-refractivity contribution in [2.45, 2.75) is 32.9 Å². The standard InChI is InChI=1S/C10H15N3O3S/c1-10(2,3)16-9(15)7-6(8(12)14)13-5(4-11)17-7/h4,11H2,1-3H3,(H2,12,14). The average molecular weight is 257 g/mol. The zero-order valence-electron chi connectivity index (χ0n) is 9.94. The smallest absolute Gasteiger partial charge is 0.351 e. The molecule has 0 aliphatic carbocycles. The molecule has 0 aromatic carbocycles. The molecule has 4 N–H and O–H groups in total. The van der Waals surface area contributed by atoms with E-state index in [0.29, 0.717) is 5.01 Å². The van der Waals surface area contributed by atoms with Crippen molar-refractivity contribution in [3.8, 4) is 0 Å². The van der Waals surface area contributed by atoms with Crippen molar-refractivity contribution >= 4 is 23.2 Å². The Labute approximate surface area is 103 Å². The number of hydrogen-bond acceptors (Lipinski definition) is 6. The molecule has 94 valence electrons. The van der Waals surface area contributed by atoms with Crippen LogP contribution in [0.5, 0.6) is 0 Å². The van der Waals surface area contributed by atoms with Crippen molar-refractivity contribution < 1.29 is 14.3 Å². The van der Waals surface area contributed by atoms with Crippen molar-refractivity contribution in [1.82, 2.24) is 4.98 Å². The third-order valence-electron chi connectivity index (χ3n) is 1.66. The first-order valence-electron chi connectivity index (χ1n) is 4.97. The van der Waals surface area contributed by atoms with Crippen LogP contribution in [0.2, 0.25) is 0 Å². The molecule has 17 heavy (non-hydrogen) atoms. The fourth-order valence-electron chi connectivity index (χ4n) is 1.08. The minimum Gasteiger partial charge on any atom is -0.456 e. The van der Waals surface area contributed by atoms with Gasteiger partial charge in [-0.3, -0.25) is 4.79 Å². The average Bonchev–Trinajstić information content (AvgIpc) is 2.58. The maximum absolute atomic E-state index is 11.8. The number of carbonyl (C=O) groups excluding carboxylic acids is 2. The topological polar surface area (TPSA) is 108 Å². The van der Waals surface area contributed by atoms with E-state index in [1.54, 1.807) is 20.8 Å². The number of nitrogens with zero attached hydrogens (tertiary/aromatic N) is 1. The van der Waals surface area contributed by atoms with Crippen molar-refractivity contribution in [1.29, 1.82) is 0 Å². The monoisotopic (exact) mass is 257 g/mol. The van der Waals surface area contributed by atoms with Gasteiger partial charge in [-0.25, -0.2) is 9.78 Å². The molecular formula is C10H15N3O3S. The Balaban J connectivity index is 3.08. The molecule has 1 aromatic rings. The molecule has 1 heterocycles. The molecule has 0 bridgehead atoms. The van der Waals surface area contributed by atoms with E-state index in [4.69, 9.17) is 16.2 Å². The second-order valence-corrected chi connectivity index (χ2v) is 5.44. The molecule has 1 rings (SSSR count). The van der Waals surface area contributed by atoms with Gasteiger partial charge in [0.1, 0.15) is 15.5 Å². The van der Waals surface area contributed by atoms with Gasteiger partial charge in [0.05, 0.1) is 0 Å². The van der Waals surface area contributed by atoms with Crippen LogP contribution in [0.15, 0.2) is 0 Å². The Bertz CT molecular complexity index is 448. The van der Waals surface area contributed by atoms with Gasteiger partial charge in [-0.05, 0) is 20.8 Å². The predicted octanol–water partition coefficient (Wildman–Crippen LogP) is 0.656. The van der Waals surface area contributed by atoms with Crippen LogP contribution in [0.4, 0.5) is 0 Å². The predicted molar refractivity (Wildman–Crippen MR) is 63.7 cm³/mol. The summed E-state index contributed by atoms with van der Waals surface area (Å²) in [6.45, 7) is 5.35. The minimum atomic E-state index is -0.762. The van der Waals surface area contributed by atoms with Gasteiger partial charge >= 0.3 is 5.97 Å². The van der Waals surface area contributed by atoms with Crippen LogP contribution >= 0.6 is 11.3 Å². The molecule has 0 saturated carbocycles. The highest BCUT2D eigenvalue weighted by molar-refractivity contribution is 7.13. The Hall–Kier alpha value is -1.47. The number of rotatable bonds is 3. The Morgan fingerprint density at radius 3 is 2.41 bits per heavy atom. The maximum atomic E-state index is 11.8. The summed E-state index contributed by atoms with van der Waals surface area (Å²) in [6, 6.07) is 0. The lowest BCUT2D eigenvalue weighted by molar-refractivity contribution is 0.00732. The molecule has 0 atom stereocenters. The second kappa shape index (κ2) is 4.80. The summed E-state index contributed by atoms with van der Waals surface area (Å²) in [5.74, 6) is -1.37. The number of thiazole rings is 1. The van der Waals surface area contributed by atoms with Crippen LogP contribution in [-0.4, -0.2) is 22.5 Å². The number of nitrogens with two attached hydrogens (primary N) is 2. The van der Waals surface area contributed by atoms with Crippen LogP contribution in [0.25, 0.3) is 0 Å². The first-order chi connectivity index (χ1) is 7.74. The van der Waals surface area contributed by atoms with Crippen LogP contribution in [0, 0.1) is 0 Å². The first-order valence-corrected chi connectivity index (χ1v) is 5.79. The molecule has 1 aromatic heterocycles. The quantitative estimate of drug-likeness (QED) is 0.773. The summed E-state index contributed by atoms with van der Waals surface area (Å²) in [6.07, 6.45) is 0. The number of primary amides is 1. The lowest BCUT2D eigenvalue weighted by Gasteiger charge is -2.18. The fraction of sp³-hybridized carbons (Fsp3) is 0.500. The molecular weight excluding hydrogens is 242 g/mol. The zero-order chi connectivity index (χ0) is 13.2. The van der Waals surface area contributed by atoms with Gasteiger partial charge in [-0.2, -0.15) is 0 Å². The Morgan fingerprint density at radius 1 is 1.41 bits per heavy atom. The number of aromatic nitrogens is 1. The van der Waals surface area contributed by atoms with E-state index in [0.717, 1.165) is 11.3 Å². The molecule has 0 saturated heterocycles. The minimum absolute atomic E-state index is 0.0790. The zero-order valence-corrected chi connectivity index (χ0v) is 10.8. The molecule has 7 heteroatoms. The van der Waals surface area contributed by atoms with E-state index in [1.807, 2.05) is 0 Å². The lowest BCUT2D eigenvalue weighted by atomic mass is 10.2. The van der Waals surface area contributed by atoms with Gasteiger partial charge < -0.3 is 16.2 Å². The van der Waals surface area contributed by atoms with Crippen molar-refractivity contribution in [2.24, 2.45) is 11.5 Å². The summed E-state index contributed by atoms with van der Waals surface area (Å²) in [7, 11) is 0. The van der Waals surface area contributed by atoms with Gasteiger partial charge in [0.25, 0.3) is 5.91 Å². The van der Waals surface area contributed by atoms with Crippen LogP contribution < -0.4 is 11.5 Å². The number of esters is 1.